The third kappa shape index (κ3) is 2.28. The first kappa shape index (κ1) is 12.8. The van der Waals surface area contributed by atoms with Crippen LogP contribution in [0.4, 0.5) is 0 Å². The molecule has 5 nitrogen and oxygen atoms in total. The van der Waals surface area contributed by atoms with Crippen molar-refractivity contribution in [3.8, 4) is 0 Å². The Morgan fingerprint density at radius 3 is 2.62 bits per heavy atom. The molecule has 1 unspecified atom stereocenters. The van der Waals surface area contributed by atoms with E-state index < -0.39 is 5.92 Å². The summed E-state index contributed by atoms with van der Waals surface area (Å²) in [6, 6.07) is 0. The summed E-state index contributed by atoms with van der Waals surface area (Å²) in [7, 11) is 0. The minimum atomic E-state index is -0.498. The summed E-state index contributed by atoms with van der Waals surface area (Å²) in [5.74, 6) is -0.516. The van der Waals surface area contributed by atoms with E-state index in [9.17, 15) is 4.79 Å². The van der Waals surface area contributed by atoms with E-state index in [2.05, 4.69) is 19.0 Å². The van der Waals surface area contributed by atoms with Crippen LogP contribution in [-0.4, -0.2) is 33.9 Å². The molecule has 3 N–H and O–H groups in total. The smallest absolute Gasteiger partial charge is 0.233 e. The Morgan fingerprint density at radius 1 is 1.62 bits per heavy atom. The highest BCUT2D eigenvalue weighted by molar-refractivity contribution is 6.02. The van der Waals surface area contributed by atoms with Crippen molar-refractivity contribution in [2.45, 2.75) is 45.6 Å². The number of likely N-dealkylation sites (tertiary alicyclic amines) is 1. The number of nitrogens with two attached hydrogens (primary N) is 1. The fourth-order valence-electron chi connectivity index (χ4n) is 2.28. The van der Waals surface area contributed by atoms with Gasteiger partial charge in [-0.3, -0.25) is 4.79 Å². The first-order valence-electron chi connectivity index (χ1n) is 5.73. The van der Waals surface area contributed by atoms with Crippen molar-refractivity contribution < 1.29 is 10.0 Å². The van der Waals surface area contributed by atoms with Crippen LogP contribution in [0, 0.1) is 5.92 Å². The second-order valence-corrected chi connectivity index (χ2v) is 4.89. The van der Waals surface area contributed by atoms with E-state index in [0.717, 1.165) is 19.4 Å². The van der Waals surface area contributed by atoms with Crippen LogP contribution in [0.5, 0.6) is 0 Å². The second kappa shape index (κ2) is 4.72. The van der Waals surface area contributed by atoms with E-state index >= 15 is 0 Å². The minimum absolute atomic E-state index is 0.00944. The number of amides is 1. The van der Waals surface area contributed by atoms with Gasteiger partial charge in [0.15, 0.2) is 5.84 Å². The normalized spacial score (nSPS) is 22.2. The van der Waals surface area contributed by atoms with Crippen LogP contribution in [0.1, 0.15) is 40.0 Å². The Labute approximate surface area is 96.3 Å². The van der Waals surface area contributed by atoms with Crippen LogP contribution in [0.2, 0.25) is 0 Å². The lowest BCUT2D eigenvalue weighted by molar-refractivity contribution is -0.136. The van der Waals surface area contributed by atoms with Crippen molar-refractivity contribution >= 4 is 11.7 Å². The van der Waals surface area contributed by atoms with Gasteiger partial charge in [0, 0.05) is 12.1 Å². The average molecular weight is 227 g/mol. The summed E-state index contributed by atoms with van der Waals surface area (Å²) >= 11 is 0. The monoisotopic (exact) mass is 227 g/mol. The molecule has 1 amide bonds. The molecule has 5 heteroatoms. The van der Waals surface area contributed by atoms with Gasteiger partial charge in [0.2, 0.25) is 5.91 Å². The zero-order valence-corrected chi connectivity index (χ0v) is 10.2. The van der Waals surface area contributed by atoms with Crippen molar-refractivity contribution in [1.29, 1.82) is 0 Å². The summed E-state index contributed by atoms with van der Waals surface area (Å²) in [5, 5.41) is 11.6. The lowest BCUT2D eigenvalue weighted by atomic mass is 9.98. The topological polar surface area (TPSA) is 78.9 Å². The molecule has 16 heavy (non-hydrogen) atoms. The first-order chi connectivity index (χ1) is 7.44. The van der Waals surface area contributed by atoms with Crippen molar-refractivity contribution in [3.05, 3.63) is 0 Å². The van der Waals surface area contributed by atoms with E-state index in [-0.39, 0.29) is 17.3 Å². The van der Waals surface area contributed by atoms with Gasteiger partial charge in [-0.2, -0.15) is 0 Å². The SMILES string of the molecule is CCC(C(=O)N1CCCC1(C)C)C(N)=NO. The maximum Gasteiger partial charge on any atom is 0.233 e. The Morgan fingerprint density at radius 2 is 2.25 bits per heavy atom. The van der Waals surface area contributed by atoms with Gasteiger partial charge in [0.05, 0.1) is 5.92 Å². The Balaban J connectivity index is 2.84. The van der Waals surface area contributed by atoms with Crippen LogP contribution in [0.3, 0.4) is 0 Å². The van der Waals surface area contributed by atoms with Gasteiger partial charge < -0.3 is 15.8 Å². The number of hydrogen-bond donors (Lipinski definition) is 2. The molecule has 1 aliphatic heterocycles. The molecular formula is C11H21N3O2. The predicted molar refractivity (Wildman–Crippen MR) is 62.2 cm³/mol. The van der Waals surface area contributed by atoms with Crippen LogP contribution >= 0.6 is 0 Å². The molecule has 1 fully saturated rings. The third-order valence-corrected chi connectivity index (χ3v) is 3.35. The average Bonchev–Trinajstić information content (AvgIpc) is 2.58. The van der Waals surface area contributed by atoms with Gasteiger partial charge in [-0.05, 0) is 33.1 Å². The van der Waals surface area contributed by atoms with Crippen LogP contribution in [-0.2, 0) is 4.79 Å². The Hall–Kier alpha value is -1.26. The molecule has 0 aromatic rings. The van der Waals surface area contributed by atoms with Crippen LogP contribution in [0.15, 0.2) is 5.16 Å². The highest BCUT2D eigenvalue weighted by atomic mass is 16.4. The molecule has 0 saturated carbocycles. The molecule has 1 rings (SSSR count). The Kier molecular flexibility index (Phi) is 3.78. The molecule has 1 aliphatic rings. The van der Waals surface area contributed by atoms with Gasteiger partial charge in [0.25, 0.3) is 0 Å². The molecule has 1 saturated heterocycles. The number of nitrogens with zero attached hydrogens (tertiary/aromatic N) is 2. The van der Waals surface area contributed by atoms with Crippen molar-refractivity contribution in [1.82, 2.24) is 4.90 Å². The maximum atomic E-state index is 12.2. The number of oxime groups is 1. The summed E-state index contributed by atoms with van der Waals surface area (Å²) in [6.45, 7) is 6.73. The van der Waals surface area contributed by atoms with E-state index in [0.29, 0.717) is 6.42 Å². The standard InChI is InChI=1S/C11H21N3O2/c1-4-8(9(12)13-16)10(15)14-7-5-6-11(14,2)3/h8,16H,4-7H2,1-3H3,(H2,12,13). The van der Waals surface area contributed by atoms with E-state index in [4.69, 9.17) is 10.9 Å². The second-order valence-electron chi connectivity index (χ2n) is 4.89. The minimum Gasteiger partial charge on any atom is -0.409 e. The third-order valence-electron chi connectivity index (χ3n) is 3.35. The summed E-state index contributed by atoms with van der Waals surface area (Å²) in [4.78, 5) is 14.1. The number of carbonyl (C=O) groups excluding carboxylic acids is 1. The number of rotatable bonds is 3. The van der Waals surface area contributed by atoms with Crippen molar-refractivity contribution in [3.63, 3.8) is 0 Å². The summed E-state index contributed by atoms with van der Waals surface area (Å²) < 4.78 is 0. The number of amidine groups is 1. The van der Waals surface area contributed by atoms with Gasteiger partial charge in [-0.1, -0.05) is 12.1 Å². The largest absolute Gasteiger partial charge is 0.409 e. The molecule has 1 heterocycles. The zero-order chi connectivity index (χ0) is 12.3. The molecule has 1 atom stereocenters. The van der Waals surface area contributed by atoms with E-state index in [1.54, 1.807) is 0 Å². The molecule has 0 aromatic carbocycles. The van der Waals surface area contributed by atoms with Crippen molar-refractivity contribution in [2.75, 3.05) is 6.54 Å². The van der Waals surface area contributed by atoms with Gasteiger partial charge >= 0.3 is 0 Å². The molecule has 0 radical (unpaired) electrons. The maximum absolute atomic E-state index is 12.2. The highest BCUT2D eigenvalue weighted by Crippen LogP contribution is 2.30. The number of hydrogen-bond acceptors (Lipinski definition) is 3. The first-order valence-corrected chi connectivity index (χ1v) is 5.73. The molecule has 0 aromatic heterocycles. The van der Waals surface area contributed by atoms with Crippen molar-refractivity contribution in [2.24, 2.45) is 16.8 Å². The summed E-state index contributed by atoms with van der Waals surface area (Å²) in [6.07, 6.45) is 2.58. The van der Waals surface area contributed by atoms with Gasteiger partial charge in [-0.15, -0.1) is 0 Å². The fraction of sp³-hybridized carbons (Fsp3) is 0.818. The van der Waals surface area contributed by atoms with E-state index in [1.165, 1.54) is 0 Å². The molecule has 0 aliphatic carbocycles. The number of carbonyl (C=O) groups is 1. The fourth-order valence-corrected chi connectivity index (χ4v) is 2.28. The van der Waals surface area contributed by atoms with Crippen LogP contribution < -0.4 is 5.73 Å². The zero-order valence-electron chi connectivity index (χ0n) is 10.2. The lowest BCUT2D eigenvalue weighted by Gasteiger charge is -2.34. The van der Waals surface area contributed by atoms with Gasteiger partial charge in [0.1, 0.15) is 0 Å². The molecular weight excluding hydrogens is 206 g/mol. The summed E-state index contributed by atoms with van der Waals surface area (Å²) in [5.41, 5.74) is 5.43. The predicted octanol–water partition coefficient (Wildman–Crippen LogP) is 1.16. The highest BCUT2D eigenvalue weighted by Gasteiger charge is 2.38. The Bertz CT molecular complexity index is 300. The molecule has 0 bridgehead atoms. The lowest BCUT2D eigenvalue weighted by Crippen LogP contribution is -2.48. The van der Waals surface area contributed by atoms with Gasteiger partial charge in [-0.25, -0.2) is 0 Å². The van der Waals surface area contributed by atoms with E-state index in [1.807, 2.05) is 11.8 Å². The van der Waals surface area contributed by atoms with Crippen LogP contribution in [0.25, 0.3) is 0 Å². The molecule has 0 spiro atoms. The quantitative estimate of drug-likeness (QED) is 0.328. The molecule has 92 valence electrons.